The number of carbonyl (C=O) groups is 3. The Morgan fingerprint density at radius 1 is 1.32 bits per heavy atom. The first-order valence-corrected chi connectivity index (χ1v) is 8.12. The Kier molecular flexibility index (Phi) is 5.66. The van der Waals surface area contributed by atoms with Crippen LogP contribution in [0.1, 0.15) is 6.42 Å². The molecule has 0 spiro atoms. The van der Waals surface area contributed by atoms with Crippen molar-refractivity contribution in [2.24, 2.45) is 0 Å². The Hall–Kier alpha value is -1.31. The lowest BCUT2D eigenvalue weighted by Gasteiger charge is -2.16. The summed E-state index contributed by atoms with van der Waals surface area (Å²) >= 11 is 14.9. The number of alkyl carbamates (subject to hydrolysis) is 1. The topological polar surface area (TPSA) is 75.7 Å². The molecule has 1 unspecified atom stereocenters. The van der Waals surface area contributed by atoms with Gasteiger partial charge in [0.15, 0.2) is 0 Å². The summed E-state index contributed by atoms with van der Waals surface area (Å²) in [6, 6.07) is 3.43. The number of amides is 3. The van der Waals surface area contributed by atoms with Crippen LogP contribution in [0.4, 0.5) is 10.5 Å². The fraction of sp³-hybridized carbons (Fsp3) is 0.308. The molecule has 1 heterocycles. The van der Waals surface area contributed by atoms with Crippen LogP contribution >= 0.6 is 39.1 Å². The highest BCUT2D eigenvalue weighted by Crippen LogP contribution is 2.29. The molecule has 0 radical (unpaired) electrons. The van der Waals surface area contributed by atoms with E-state index < -0.39 is 23.9 Å². The van der Waals surface area contributed by atoms with Gasteiger partial charge in [-0.15, -0.1) is 0 Å². The van der Waals surface area contributed by atoms with E-state index >= 15 is 0 Å². The van der Waals surface area contributed by atoms with Gasteiger partial charge in [0.2, 0.25) is 5.91 Å². The zero-order chi connectivity index (χ0) is 16.3. The number of halogens is 3. The molecule has 1 aliphatic rings. The second-order valence-corrected chi connectivity index (χ2v) is 6.09. The molecule has 9 heteroatoms. The van der Waals surface area contributed by atoms with E-state index in [4.69, 9.17) is 27.9 Å². The minimum Gasteiger partial charge on any atom is -0.449 e. The molecular formula is C13H11BrCl2N2O4. The molecule has 1 saturated heterocycles. The van der Waals surface area contributed by atoms with Gasteiger partial charge in [0.1, 0.15) is 12.6 Å². The third kappa shape index (κ3) is 3.91. The van der Waals surface area contributed by atoms with E-state index in [0.29, 0.717) is 15.4 Å². The zero-order valence-corrected chi connectivity index (χ0v) is 14.2. The van der Waals surface area contributed by atoms with E-state index in [1.807, 2.05) is 0 Å². The van der Waals surface area contributed by atoms with E-state index in [-0.39, 0.29) is 18.7 Å². The second-order valence-electron chi connectivity index (χ2n) is 4.42. The number of carbonyl (C=O) groups excluding carboxylic acids is 3. The van der Waals surface area contributed by atoms with Crippen LogP contribution in [0.3, 0.4) is 0 Å². The molecule has 1 atom stereocenters. The summed E-state index contributed by atoms with van der Waals surface area (Å²) < 4.78 is 4.79. The molecule has 1 aliphatic heterocycles. The van der Waals surface area contributed by atoms with Crippen LogP contribution in [0, 0.1) is 0 Å². The van der Waals surface area contributed by atoms with Gasteiger partial charge in [-0.05, 0) is 18.2 Å². The lowest BCUT2D eigenvalue weighted by Crippen LogP contribution is -2.42. The number of alkyl halides is 1. The molecule has 6 nitrogen and oxygen atoms in total. The third-order valence-electron chi connectivity index (χ3n) is 2.85. The molecule has 0 bridgehead atoms. The number of nitrogens with one attached hydrogen (secondary N) is 1. The van der Waals surface area contributed by atoms with Crippen LogP contribution in [-0.2, 0) is 14.3 Å². The molecule has 22 heavy (non-hydrogen) atoms. The number of nitrogens with zero attached hydrogens (tertiary/aromatic N) is 1. The molecule has 1 aromatic carbocycles. The Balaban J connectivity index is 2.13. The number of imide groups is 1. The van der Waals surface area contributed by atoms with Crippen molar-refractivity contribution < 1.29 is 19.1 Å². The minimum atomic E-state index is -0.965. The average Bonchev–Trinajstić information content (AvgIpc) is 2.70. The average molecular weight is 410 g/mol. The van der Waals surface area contributed by atoms with Crippen molar-refractivity contribution in [3.8, 4) is 0 Å². The number of hydrogen-bond donors (Lipinski definition) is 1. The molecule has 1 N–H and O–H groups in total. The van der Waals surface area contributed by atoms with Crippen LogP contribution in [0.15, 0.2) is 18.2 Å². The van der Waals surface area contributed by atoms with Gasteiger partial charge in [-0.2, -0.15) is 0 Å². The van der Waals surface area contributed by atoms with Crippen molar-refractivity contribution in [3.63, 3.8) is 0 Å². The number of hydrogen-bond acceptors (Lipinski definition) is 4. The zero-order valence-electron chi connectivity index (χ0n) is 11.1. The fourth-order valence-corrected chi connectivity index (χ4v) is 2.68. The quantitative estimate of drug-likeness (QED) is 0.612. The molecule has 1 fully saturated rings. The monoisotopic (exact) mass is 408 g/mol. The molecule has 2 rings (SSSR count). The van der Waals surface area contributed by atoms with Crippen LogP contribution in [0.5, 0.6) is 0 Å². The SMILES string of the molecule is O=C(NC1CC(=O)N(c2cc(Cl)cc(Cl)c2)C1=O)OCCBr. The predicted molar refractivity (Wildman–Crippen MR) is 85.6 cm³/mol. The van der Waals surface area contributed by atoms with E-state index in [0.717, 1.165) is 4.90 Å². The van der Waals surface area contributed by atoms with Crippen LogP contribution in [-0.4, -0.2) is 35.9 Å². The van der Waals surface area contributed by atoms with Gasteiger partial charge in [0.05, 0.1) is 12.1 Å². The van der Waals surface area contributed by atoms with Gasteiger partial charge < -0.3 is 10.1 Å². The highest BCUT2D eigenvalue weighted by atomic mass is 79.9. The molecule has 0 aromatic heterocycles. The van der Waals surface area contributed by atoms with E-state index in [1.54, 1.807) is 0 Å². The van der Waals surface area contributed by atoms with Crippen LogP contribution in [0.2, 0.25) is 10.0 Å². The maximum Gasteiger partial charge on any atom is 0.407 e. The molecule has 0 saturated carbocycles. The molecule has 0 aliphatic carbocycles. The van der Waals surface area contributed by atoms with Crippen LogP contribution < -0.4 is 10.2 Å². The third-order valence-corrected chi connectivity index (χ3v) is 3.61. The van der Waals surface area contributed by atoms with Gasteiger partial charge in [0, 0.05) is 15.4 Å². The highest BCUT2D eigenvalue weighted by molar-refractivity contribution is 9.09. The highest BCUT2D eigenvalue weighted by Gasteiger charge is 2.40. The lowest BCUT2D eigenvalue weighted by molar-refractivity contribution is -0.121. The molecule has 1 aromatic rings. The maximum atomic E-state index is 12.3. The maximum absolute atomic E-state index is 12.3. The summed E-state index contributed by atoms with van der Waals surface area (Å²) in [6.07, 6.45) is -0.900. The Labute approximate surface area is 144 Å². The second kappa shape index (κ2) is 7.30. The first kappa shape index (κ1) is 17.1. The van der Waals surface area contributed by atoms with Gasteiger partial charge in [-0.3, -0.25) is 9.59 Å². The van der Waals surface area contributed by atoms with Crippen molar-refractivity contribution in [1.29, 1.82) is 0 Å². The summed E-state index contributed by atoms with van der Waals surface area (Å²) in [5.74, 6) is -1.01. The normalized spacial score (nSPS) is 17.8. The summed E-state index contributed by atoms with van der Waals surface area (Å²) in [5, 5.41) is 3.44. The van der Waals surface area contributed by atoms with Crippen molar-refractivity contribution in [2.45, 2.75) is 12.5 Å². The first-order chi connectivity index (χ1) is 10.4. The summed E-state index contributed by atoms with van der Waals surface area (Å²) in [7, 11) is 0. The summed E-state index contributed by atoms with van der Waals surface area (Å²) in [4.78, 5) is 36.8. The van der Waals surface area contributed by atoms with Crippen molar-refractivity contribution in [2.75, 3.05) is 16.8 Å². The largest absolute Gasteiger partial charge is 0.449 e. The van der Waals surface area contributed by atoms with E-state index in [1.165, 1.54) is 18.2 Å². The predicted octanol–water partition coefficient (Wildman–Crippen LogP) is 2.75. The molecular weight excluding hydrogens is 399 g/mol. The van der Waals surface area contributed by atoms with E-state index in [9.17, 15) is 14.4 Å². The standard InChI is InChI=1S/C13H11BrCl2N2O4/c14-1-2-22-13(21)17-10-6-11(19)18(12(10)20)9-4-7(15)3-8(16)5-9/h3-5,10H,1-2,6H2,(H,17,21). The number of ether oxygens (including phenoxy) is 1. The summed E-state index contributed by atoms with van der Waals surface area (Å²) in [5.41, 5.74) is 0.269. The molecule has 3 amide bonds. The minimum absolute atomic E-state index is 0.146. The summed E-state index contributed by atoms with van der Waals surface area (Å²) in [6.45, 7) is 0.161. The number of anilines is 1. The van der Waals surface area contributed by atoms with Crippen LogP contribution in [0.25, 0.3) is 0 Å². The number of rotatable bonds is 4. The first-order valence-electron chi connectivity index (χ1n) is 6.24. The Morgan fingerprint density at radius 2 is 1.95 bits per heavy atom. The lowest BCUT2D eigenvalue weighted by atomic mass is 10.2. The Morgan fingerprint density at radius 3 is 2.55 bits per heavy atom. The Bertz CT molecular complexity index is 606. The molecule has 118 valence electrons. The van der Waals surface area contributed by atoms with Gasteiger partial charge in [-0.25, -0.2) is 9.69 Å². The van der Waals surface area contributed by atoms with Gasteiger partial charge >= 0.3 is 6.09 Å². The fourth-order valence-electron chi connectivity index (χ4n) is 2.00. The van der Waals surface area contributed by atoms with Crippen molar-refractivity contribution in [3.05, 3.63) is 28.2 Å². The smallest absolute Gasteiger partial charge is 0.407 e. The van der Waals surface area contributed by atoms with E-state index in [2.05, 4.69) is 21.2 Å². The number of benzene rings is 1. The van der Waals surface area contributed by atoms with Gasteiger partial charge in [0.25, 0.3) is 5.91 Å². The van der Waals surface area contributed by atoms with Gasteiger partial charge in [-0.1, -0.05) is 39.1 Å². The van der Waals surface area contributed by atoms with Crippen molar-refractivity contribution in [1.82, 2.24) is 5.32 Å². The van der Waals surface area contributed by atoms with Crippen molar-refractivity contribution >= 4 is 62.7 Å².